The SMILES string of the molecule is Cc1ccc2c(-c3ccc(CC(=S)CCCNC(=O)[C@@H](CC(=O)[C@H](Cc4ccccc4)NC(=O)CCCCCCCCC(=O)CC[C@H](NC(=O)N[C@@H](CCC(=O)O)OC=O)C(=O)O)Cc4ccccc4)cc3C(=O)O)c3ccc(=O)cc-3oc2c1. The molecule has 448 valence electrons. The Morgan fingerprint density at radius 3 is 1.99 bits per heavy atom. The molecule has 2 aliphatic rings. The zero-order chi connectivity index (χ0) is 61.3. The quantitative estimate of drug-likeness (QED) is 0.00628. The molecule has 0 saturated heterocycles. The third-order valence-electron chi connectivity index (χ3n) is 14.5. The Morgan fingerprint density at radius 1 is 0.647 bits per heavy atom. The van der Waals surface area contributed by atoms with Crippen molar-refractivity contribution in [3.05, 3.63) is 153 Å². The molecule has 0 aromatic heterocycles. The fourth-order valence-corrected chi connectivity index (χ4v) is 10.4. The molecule has 0 saturated carbocycles. The number of aryl methyl sites for hydroxylation is 1. The molecule has 0 radical (unpaired) electrons. The lowest BCUT2D eigenvalue weighted by Gasteiger charge is -2.22. The van der Waals surface area contributed by atoms with Crippen LogP contribution in [0, 0.1) is 12.8 Å². The summed E-state index contributed by atoms with van der Waals surface area (Å²) in [4.78, 5) is 126. The maximum absolute atomic E-state index is 14.3. The van der Waals surface area contributed by atoms with E-state index in [-0.39, 0.29) is 98.8 Å². The number of amides is 4. The van der Waals surface area contributed by atoms with E-state index in [1.165, 1.54) is 12.1 Å². The number of Topliss-reactive ketones (excluding diaryl/α,β-unsaturated/α-hetero) is 2. The minimum atomic E-state index is -1.42. The summed E-state index contributed by atoms with van der Waals surface area (Å²) in [5, 5.41) is 40.0. The molecule has 1 aliphatic heterocycles. The van der Waals surface area contributed by atoms with Crippen LogP contribution in [-0.4, -0.2) is 98.8 Å². The van der Waals surface area contributed by atoms with Gasteiger partial charge in [-0.15, -0.1) is 0 Å². The second-order valence-electron chi connectivity index (χ2n) is 21.2. The summed E-state index contributed by atoms with van der Waals surface area (Å²) >= 11 is 5.79. The van der Waals surface area contributed by atoms with E-state index in [4.69, 9.17) is 21.7 Å². The van der Waals surface area contributed by atoms with Gasteiger partial charge < -0.3 is 45.7 Å². The molecular weight excluding hydrogens is 1110 g/mol. The summed E-state index contributed by atoms with van der Waals surface area (Å²) < 4.78 is 10.8. The Morgan fingerprint density at radius 2 is 1.32 bits per heavy atom. The fourth-order valence-electron chi connectivity index (χ4n) is 10.1. The second-order valence-corrected chi connectivity index (χ2v) is 21.7. The van der Waals surface area contributed by atoms with Crippen molar-refractivity contribution in [3.63, 3.8) is 0 Å². The topological polar surface area (TPSA) is 302 Å². The van der Waals surface area contributed by atoms with Gasteiger partial charge >= 0.3 is 23.9 Å². The van der Waals surface area contributed by atoms with E-state index in [9.17, 15) is 58.2 Å². The summed E-state index contributed by atoms with van der Waals surface area (Å²) in [6.45, 7) is 2.22. The number of benzene rings is 5. The maximum atomic E-state index is 14.3. The molecule has 7 N–H and O–H groups in total. The van der Waals surface area contributed by atoms with Crippen LogP contribution >= 0.6 is 12.2 Å². The van der Waals surface area contributed by atoms with Gasteiger partial charge in [0.2, 0.25) is 11.8 Å². The van der Waals surface area contributed by atoms with Crippen molar-refractivity contribution in [1.29, 1.82) is 0 Å². The highest BCUT2D eigenvalue weighted by atomic mass is 32.1. The molecule has 6 rings (SSSR count). The van der Waals surface area contributed by atoms with Crippen molar-refractivity contribution in [2.24, 2.45) is 5.92 Å². The number of urea groups is 1. The number of carboxylic acids is 3. The number of carbonyl (C=O) groups is 9. The molecule has 1 heterocycles. The highest BCUT2D eigenvalue weighted by Gasteiger charge is 2.29. The van der Waals surface area contributed by atoms with Crippen LogP contribution in [0.15, 0.2) is 124 Å². The van der Waals surface area contributed by atoms with Crippen LogP contribution in [0.5, 0.6) is 0 Å². The van der Waals surface area contributed by atoms with Crippen molar-refractivity contribution >= 4 is 81.8 Å². The number of fused-ring (bicyclic) bond motifs is 2. The number of rotatable bonds is 37. The lowest BCUT2D eigenvalue weighted by Crippen LogP contribution is -2.49. The number of nitrogens with one attached hydrogen (secondary N) is 4. The molecule has 0 unspecified atom stereocenters. The second kappa shape index (κ2) is 33.4. The number of hydrogen-bond donors (Lipinski definition) is 7. The molecule has 4 aromatic rings. The Kier molecular flexibility index (Phi) is 25.6. The van der Waals surface area contributed by atoms with Gasteiger partial charge in [-0.05, 0) is 109 Å². The molecule has 0 bridgehead atoms. The molecule has 4 amide bonds. The Bertz CT molecular complexity index is 3350. The normalized spacial score (nSPS) is 12.5. The first kappa shape index (κ1) is 65.2. The van der Waals surface area contributed by atoms with Crippen molar-refractivity contribution in [2.45, 2.75) is 141 Å². The maximum Gasteiger partial charge on any atom is 0.336 e. The van der Waals surface area contributed by atoms with Crippen LogP contribution in [0.1, 0.15) is 129 Å². The van der Waals surface area contributed by atoms with Crippen LogP contribution in [0.2, 0.25) is 0 Å². The number of thiocarbonyl (C=S) groups is 1. The molecule has 19 nitrogen and oxygen atoms in total. The van der Waals surface area contributed by atoms with Crippen molar-refractivity contribution in [1.82, 2.24) is 21.3 Å². The average Bonchev–Trinajstić information content (AvgIpc) is 1.51. The van der Waals surface area contributed by atoms with Crippen LogP contribution in [-0.2, 0) is 57.6 Å². The van der Waals surface area contributed by atoms with Gasteiger partial charge in [0.25, 0.3) is 6.47 Å². The Hall–Kier alpha value is -8.91. The van der Waals surface area contributed by atoms with E-state index >= 15 is 0 Å². The molecule has 0 spiro atoms. The number of aliphatic carboxylic acids is 2. The molecule has 20 heteroatoms. The number of ether oxygens (including phenoxy) is 1. The third kappa shape index (κ3) is 21.3. The minimum Gasteiger partial charge on any atom is -0.481 e. The van der Waals surface area contributed by atoms with Crippen molar-refractivity contribution < 1.29 is 67.6 Å². The van der Waals surface area contributed by atoms with Gasteiger partial charge in [0.05, 0.1) is 18.0 Å². The Balaban J connectivity index is 0.963. The third-order valence-corrected chi connectivity index (χ3v) is 14.8. The van der Waals surface area contributed by atoms with Gasteiger partial charge in [-0.25, -0.2) is 14.4 Å². The number of hydrogen-bond acceptors (Lipinski definition) is 13. The van der Waals surface area contributed by atoms with E-state index in [2.05, 4.69) is 26.0 Å². The van der Waals surface area contributed by atoms with Crippen LogP contribution in [0.25, 0.3) is 33.4 Å². The lowest BCUT2D eigenvalue weighted by atomic mass is 9.89. The van der Waals surface area contributed by atoms with E-state index in [1.54, 1.807) is 18.2 Å². The largest absolute Gasteiger partial charge is 0.481 e. The van der Waals surface area contributed by atoms with Crippen LogP contribution in [0.3, 0.4) is 0 Å². The summed E-state index contributed by atoms with van der Waals surface area (Å²) in [7, 11) is 0. The minimum absolute atomic E-state index is 0.0298. The van der Waals surface area contributed by atoms with Gasteiger partial charge in [0.15, 0.2) is 17.4 Å². The summed E-state index contributed by atoms with van der Waals surface area (Å²) in [6.07, 6.45) is 3.92. The van der Waals surface area contributed by atoms with Gasteiger partial charge in [-0.1, -0.05) is 123 Å². The predicted molar refractivity (Wildman–Crippen MR) is 322 cm³/mol. The van der Waals surface area contributed by atoms with E-state index in [0.29, 0.717) is 76.0 Å². The first-order valence-electron chi connectivity index (χ1n) is 28.5. The molecule has 85 heavy (non-hydrogen) atoms. The van der Waals surface area contributed by atoms with Gasteiger partial charge in [-0.3, -0.25) is 33.6 Å². The highest BCUT2D eigenvalue weighted by molar-refractivity contribution is 7.80. The van der Waals surface area contributed by atoms with Crippen LogP contribution in [0.4, 0.5) is 4.79 Å². The lowest BCUT2D eigenvalue weighted by molar-refractivity contribution is -0.141. The van der Waals surface area contributed by atoms with Crippen molar-refractivity contribution in [3.8, 4) is 22.5 Å². The fraction of sp³-hybridized carbons (Fsp3) is 0.369. The van der Waals surface area contributed by atoms with Crippen LogP contribution < -0.4 is 26.7 Å². The molecule has 1 aliphatic carbocycles. The highest BCUT2D eigenvalue weighted by Crippen LogP contribution is 2.41. The molecule has 0 fully saturated rings. The smallest absolute Gasteiger partial charge is 0.336 e. The monoisotopic (exact) mass is 1180 g/mol. The number of carbonyl (C=O) groups excluding carboxylic acids is 6. The van der Waals surface area contributed by atoms with Gasteiger partial charge in [0.1, 0.15) is 23.2 Å². The zero-order valence-corrected chi connectivity index (χ0v) is 48.3. The van der Waals surface area contributed by atoms with E-state index in [0.717, 1.165) is 42.4 Å². The first-order chi connectivity index (χ1) is 40.9. The van der Waals surface area contributed by atoms with E-state index < -0.39 is 54.6 Å². The van der Waals surface area contributed by atoms with Gasteiger partial charge in [0, 0.05) is 73.6 Å². The Labute approximate surface area is 497 Å². The molecular formula is C65H72N4O15S. The van der Waals surface area contributed by atoms with E-state index in [1.807, 2.05) is 91.9 Å². The first-order valence-corrected chi connectivity index (χ1v) is 28.9. The molecule has 4 atom stereocenters. The summed E-state index contributed by atoms with van der Waals surface area (Å²) in [5.74, 6) is -5.17. The number of aromatic carboxylic acids is 1. The summed E-state index contributed by atoms with van der Waals surface area (Å²) in [6, 6.07) is 30.7. The average molecular weight is 1180 g/mol. The number of carboxylic acid groups (broad SMARTS) is 3. The predicted octanol–water partition coefficient (Wildman–Crippen LogP) is 9.51. The summed E-state index contributed by atoms with van der Waals surface area (Å²) in [5.41, 5.74) is 5.42. The zero-order valence-electron chi connectivity index (χ0n) is 47.4. The number of ketones is 2. The number of unbranched alkanes of at least 4 members (excludes halogenated alkanes) is 5. The van der Waals surface area contributed by atoms with Crippen molar-refractivity contribution in [2.75, 3.05) is 6.54 Å². The van der Waals surface area contributed by atoms with Gasteiger partial charge in [-0.2, -0.15) is 0 Å². The molecule has 4 aromatic carbocycles. The standard InChI is InChI=1S/C65H72N4O15S/c1-41-22-26-50-56(33-41)84-57-39-47(72)24-28-51(57)61(50)49-27-23-44(36-52(49)63(78)79)35-48(85)20-14-32-66-62(77)45(34-42-15-8-6-9-16-42)38-55(73)54(37-43-17-10-7-11-18-43)67-58(74)21-13-5-3-2-4-12-19-46(71)25-29-53(64(80)81)68-65(82)69-59(83-40-70)30-31-60(75)76/h6-11,15-18,22-24,26-28,33,36,39-40,45,53-54,59H,2-5,12-14,19-21,25,29-32,34-35,37-38H2,1H3,(H,66,77)(H,67,74)(H,75,76)(H,78,79)(H,80,81)(H2,68,69,82)/t45-,53+,54+,59-/m1/s1.